The van der Waals surface area contributed by atoms with E-state index in [1.807, 2.05) is 36.4 Å². The third kappa shape index (κ3) is 1.34. The number of ether oxygens (including phenoxy) is 1. The van der Waals surface area contributed by atoms with Crippen LogP contribution in [0.25, 0.3) is 21.9 Å². The Morgan fingerprint density at radius 3 is 2.69 bits per heavy atom. The average molecular weight is 211 g/mol. The van der Waals surface area contributed by atoms with E-state index in [1.54, 1.807) is 0 Å². The molecule has 16 heavy (non-hydrogen) atoms. The Hall–Kier alpha value is -1.96. The Morgan fingerprint density at radius 1 is 1.00 bits per heavy atom. The number of furan rings is 1. The summed E-state index contributed by atoms with van der Waals surface area (Å²) in [5.74, 6) is 0.793. The van der Waals surface area contributed by atoms with Crippen molar-refractivity contribution >= 4 is 21.9 Å². The summed E-state index contributed by atoms with van der Waals surface area (Å²) in [6, 6.07) is 13.9. The van der Waals surface area contributed by atoms with Crippen LogP contribution in [0.3, 0.4) is 0 Å². The average Bonchev–Trinajstić information content (AvgIpc) is 2.67. The van der Waals surface area contributed by atoms with Crippen molar-refractivity contribution in [1.29, 1.82) is 0 Å². The second-order valence-corrected chi connectivity index (χ2v) is 3.60. The van der Waals surface area contributed by atoms with Crippen LogP contribution >= 0.6 is 0 Å². The van der Waals surface area contributed by atoms with Crippen LogP contribution in [0.15, 0.2) is 46.9 Å². The highest BCUT2D eigenvalue weighted by Crippen LogP contribution is 2.30. The molecule has 0 amide bonds. The molecule has 1 aromatic heterocycles. The monoisotopic (exact) mass is 211 g/mol. The molecule has 1 heterocycles. The third-order valence-corrected chi connectivity index (χ3v) is 2.62. The van der Waals surface area contributed by atoms with Gasteiger partial charge >= 0.3 is 0 Å². The molecule has 2 heteroatoms. The molecule has 0 N–H and O–H groups in total. The van der Waals surface area contributed by atoms with E-state index in [4.69, 9.17) is 9.15 Å². The molecule has 0 aliphatic rings. The van der Waals surface area contributed by atoms with E-state index in [2.05, 4.69) is 13.0 Å². The van der Waals surface area contributed by atoms with Gasteiger partial charge in [-0.3, -0.25) is 0 Å². The molecule has 0 aliphatic heterocycles. The number of para-hydroxylation sites is 1. The van der Waals surface area contributed by atoms with Crippen LogP contribution in [0, 0.1) is 6.92 Å². The molecule has 79 valence electrons. The molecule has 0 spiro atoms. The van der Waals surface area contributed by atoms with Crippen molar-refractivity contribution in [2.45, 2.75) is 0 Å². The zero-order chi connectivity index (χ0) is 11.0. The van der Waals surface area contributed by atoms with Gasteiger partial charge in [0.25, 0.3) is 0 Å². The number of rotatable bonds is 2. The molecule has 0 bridgehead atoms. The Labute approximate surface area is 93.4 Å². The van der Waals surface area contributed by atoms with E-state index in [-0.39, 0.29) is 0 Å². The first-order valence-corrected chi connectivity index (χ1v) is 5.22. The fraction of sp³-hybridized carbons (Fsp3) is 0.0714. The molecule has 3 rings (SSSR count). The lowest BCUT2D eigenvalue weighted by atomic mass is 10.1. The van der Waals surface area contributed by atoms with Gasteiger partial charge in [-0.05, 0) is 25.1 Å². The highest BCUT2D eigenvalue weighted by atomic mass is 16.5. The fourth-order valence-corrected chi connectivity index (χ4v) is 1.91. The first-order chi connectivity index (χ1) is 7.88. The summed E-state index contributed by atoms with van der Waals surface area (Å²) in [7, 11) is 0. The van der Waals surface area contributed by atoms with Crippen LogP contribution in [0.4, 0.5) is 0 Å². The van der Waals surface area contributed by atoms with Crippen LogP contribution in [0.2, 0.25) is 0 Å². The molecule has 3 aromatic rings. The van der Waals surface area contributed by atoms with Gasteiger partial charge in [-0.2, -0.15) is 0 Å². The van der Waals surface area contributed by atoms with E-state index in [9.17, 15) is 0 Å². The van der Waals surface area contributed by atoms with Crippen LogP contribution in [0.5, 0.6) is 5.75 Å². The van der Waals surface area contributed by atoms with Crippen molar-refractivity contribution in [1.82, 2.24) is 0 Å². The Morgan fingerprint density at radius 2 is 1.81 bits per heavy atom. The zero-order valence-corrected chi connectivity index (χ0v) is 8.77. The SMILES string of the molecule is [CH2]COc1ccc2c(c1)oc1ccccc12. The molecule has 2 nitrogen and oxygen atoms in total. The smallest absolute Gasteiger partial charge is 0.139 e. The van der Waals surface area contributed by atoms with Gasteiger partial charge in [0.2, 0.25) is 0 Å². The molecule has 0 fully saturated rings. The summed E-state index contributed by atoms with van der Waals surface area (Å²) in [4.78, 5) is 0. The Kier molecular flexibility index (Phi) is 2.07. The molecule has 0 saturated carbocycles. The molecule has 0 saturated heterocycles. The minimum Gasteiger partial charge on any atom is -0.493 e. The number of benzene rings is 2. The highest BCUT2D eigenvalue weighted by molar-refractivity contribution is 6.05. The van der Waals surface area contributed by atoms with E-state index < -0.39 is 0 Å². The van der Waals surface area contributed by atoms with E-state index in [1.165, 1.54) is 0 Å². The zero-order valence-electron chi connectivity index (χ0n) is 8.77. The summed E-state index contributed by atoms with van der Waals surface area (Å²) >= 11 is 0. The van der Waals surface area contributed by atoms with E-state index in [0.29, 0.717) is 6.61 Å². The van der Waals surface area contributed by atoms with Crippen molar-refractivity contribution in [3.8, 4) is 5.75 Å². The number of fused-ring (bicyclic) bond motifs is 3. The van der Waals surface area contributed by atoms with E-state index >= 15 is 0 Å². The minimum absolute atomic E-state index is 0.422. The maximum Gasteiger partial charge on any atom is 0.139 e. The summed E-state index contributed by atoms with van der Waals surface area (Å²) in [5.41, 5.74) is 1.76. The molecular formula is C14H11O2. The molecular weight excluding hydrogens is 200 g/mol. The third-order valence-electron chi connectivity index (χ3n) is 2.62. The molecule has 2 aromatic carbocycles. The van der Waals surface area contributed by atoms with Gasteiger partial charge < -0.3 is 9.15 Å². The van der Waals surface area contributed by atoms with Crippen LogP contribution < -0.4 is 4.74 Å². The van der Waals surface area contributed by atoms with Gasteiger partial charge in [0.1, 0.15) is 16.9 Å². The van der Waals surface area contributed by atoms with Gasteiger partial charge in [0, 0.05) is 16.8 Å². The highest BCUT2D eigenvalue weighted by Gasteiger charge is 2.06. The molecule has 0 atom stereocenters. The van der Waals surface area contributed by atoms with Gasteiger partial charge in [-0.25, -0.2) is 0 Å². The standard InChI is InChI=1S/C14H11O2/c1-2-15-10-7-8-12-11-5-3-4-6-13(11)16-14(12)9-10/h3-9H,1-2H2. The fourth-order valence-electron chi connectivity index (χ4n) is 1.91. The van der Waals surface area contributed by atoms with Crippen LogP contribution in [0.1, 0.15) is 0 Å². The normalized spacial score (nSPS) is 11.1. The molecule has 1 radical (unpaired) electrons. The van der Waals surface area contributed by atoms with Crippen molar-refractivity contribution in [2.75, 3.05) is 6.61 Å². The second-order valence-electron chi connectivity index (χ2n) is 3.60. The number of hydrogen-bond donors (Lipinski definition) is 0. The summed E-state index contributed by atoms with van der Waals surface area (Å²) < 4.78 is 11.1. The maximum absolute atomic E-state index is 5.74. The molecule has 0 aliphatic carbocycles. The van der Waals surface area contributed by atoms with Gasteiger partial charge in [-0.1, -0.05) is 18.2 Å². The van der Waals surface area contributed by atoms with Gasteiger partial charge in [0.15, 0.2) is 0 Å². The molecule has 0 unspecified atom stereocenters. The minimum atomic E-state index is 0.422. The van der Waals surface area contributed by atoms with Crippen LogP contribution in [-0.4, -0.2) is 6.61 Å². The van der Waals surface area contributed by atoms with E-state index in [0.717, 1.165) is 27.7 Å². The Balaban J connectivity index is 2.28. The number of hydrogen-bond acceptors (Lipinski definition) is 2. The lowest BCUT2D eigenvalue weighted by Gasteiger charge is -2.00. The summed E-state index contributed by atoms with van der Waals surface area (Å²) in [6.45, 7) is 4.07. The van der Waals surface area contributed by atoms with Crippen molar-refractivity contribution in [2.24, 2.45) is 0 Å². The topological polar surface area (TPSA) is 22.4 Å². The predicted molar refractivity (Wildman–Crippen MR) is 64.6 cm³/mol. The first-order valence-electron chi connectivity index (χ1n) is 5.22. The summed E-state index contributed by atoms with van der Waals surface area (Å²) in [6.07, 6.45) is 0. The summed E-state index contributed by atoms with van der Waals surface area (Å²) in [5, 5.41) is 2.26. The van der Waals surface area contributed by atoms with Gasteiger partial charge in [-0.15, -0.1) is 0 Å². The second kappa shape index (κ2) is 3.56. The predicted octanol–water partition coefficient (Wildman–Crippen LogP) is 3.80. The van der Waals surface area contributed by atoms with Crippen molar-refractivity contribution in [3.05, 3.63) is 49.4 Å². The largest absolute Gasteiger partial charge is 0.493 e. The van der Waals surface area contributed by atoms with Gasteiger partial charge in [0.05, 0.1) is 6.61 Å². The van der Waals surface area contributed by atoms with Crippen molar-refractivity contribution in [3.63, 3.8) is 0 Å². The lowest BCUT2D eigenvalue weighted by molar-refractivity contribution is 0.361. The lowest BCUT2D eigenvalue weighted by Crippen LogP contribution is -1.90. The maximum atomic E-state index is 5.74. The van der Waals surface area contributed by atoms with Crippen molar-refractivity contribution < 1.29 is 9.15 Å². The quantitative estimate of drug-likeness (QED) is 0.643. The Bertz CT molecular complexity index is 637. The first kappa shape index (κ1) is 9.28. The van der Waals surface area contributed by atoms with Crippen LogP contribution in [-0.2, 0) is 0 Å².